The Morgan fingerprint density at radius 1 is 0.675 bits per heavy atom. The van der Waals surface area contributed by atoms with Crippen molar-refractivity contribution in [3.8, 4) is 0 Å². The molecule has 40 heavy (non-hydrogen) atoms. The zero-order chi connectivity index (χ0) is 29.3. The summed E-state index contributed by atoms with van der Waals surface area (Å²) in [7, 11) is 0. The van der Waals surface area contributed by atoms with Gasteiger partial charge in [-0.2, -0.15) is 0 Å². The average molecular weight is 567 g/mol. The van der Waals surface area contributed by atoms with Gasteiger partial charge in [0.2, 0.25) is 0 Å². The van der Waals surface area contributed by atoms with Crippen LogP contribution in [0.5, 0.6) is 0 Å². The second-order valence-corrected chi connectivity index (χ2v) is 12.9. The van der Waals surface area contributed by atoms with Crippen LogP contribution < -0.4 is 0 Å². The van der Waals surface area contributed by atoms with Gasteiger partial charge in [0.15, 0.2) is 0 Å². The van der Waals surface area contributed by atoms with Crippen molar-refractivity contribution < 1.29 is 24.5 Å². The maximum Gasteiger partial charge on any atom is 0.309 e. The number of ether oxygens (including phenoxy) is 1. The highest BCUT2D eigenvalue weighted by Gasteiger charge is 2.34. The first kappa shape index (κ1) is 37.1. The Morgan fingerprint density at radius 2 is 1.05 bits per heavy atom. The van der Waals surface area contributed by atoms with Crippen LogP contribution in [0.1, 0.15) is 187 Å². The molecule has 1 saturated heterocycles. The molecule has 1 aliphatic heterocycles. The van der Waals surface area contributed by atoms with Crippen molar-refractivity contribution >= 4 is 11.8 Å². The van der Waals surface area contributed by atoms with Crippen LogP contribution in [0.3, 0.4) is 0 Å². The van der Waals surface area contributed by atoms with Crippen LogP contribution in [0.2, 0.25) is 0 Å². The largest absolute Gasteiger partial charge is 0.462 e. The quantitative estimate of drug-likeness (QED) is 0.0696. The van der Waals surface area contributed by atoms with Gasteiger partial charge in [0.1, 0.15) is 11.9 Å². The Balaban J connectivity index is 1.81. The number of carbonyl (C=O) groups excluding carboxylic acids is 2. The summed E-state index contributed by atoms with van der Waals surface area (Å²) in [6.07, 6.45) is 30.3. The molecule has 5 heteroatoms. The lowest BCUT2D eigenvalue weighted by molar-refractivity contribution is -0.145. The molecule has 0 radical (unpaired) electrons. The molecule has 5 nitrogen and oxygen atoms in total. The molecule has 1 aliphatic rings. The molecule has 4 atom stereocenters. The Hall–Kier alpha value is -0.940. The van der Waals surface area contributed by atoms with Gasteiger partial charge in [0, 0.05) is 6.42 Å². The van der Waals surface area contributed by atoms with Crippen LogP contribution in [0.25, 0.3) is 0 Å². The van der Waals surface area contributed by atoms with Gasteiger partial charge in [0.25, 0.3) is 0 Å². The van der Waals surface area contributed by atoms with E-state index >= 15 is 0 Å². The summed E-state index contributed by atoms with van der Waals surface area (Å²) in [4.78, 5) is 23.0. The molecule has 1 rings (SSSR count). The number of aliphatic hydroxyl groups excluding tert-OH is 2. The minimum atomic E-state index is -0.238. The standard InChI is InChI=1S/C35H66O5/c1-3-4-5-6-7-8-9-10-11-12-14-18-23-32(37)24-19-15-13-16-20-25-33(38)26-21-17-22-27-34-29-31(28-30(2)36)35(39)40-34/h31-34,37-38H,3-29H2,1-2H3/t31?,32?,33-,34+/m0/s1. The van der Waals surface area contributed by atoms with Crippen LogP contribution in [-0.2, 0) is 14.3 Å². The summed E-state index contributed by atoms with van der Waals surface area (Å²) in [5.74, 6) is -0.393. The van der Waals surface area contributed by atoms with E-state index in [0.29, 0.717) is 12.8 Å². The lowest BCUT2D eigenvalue weighted by Gasteiger charge is -2.12. The molecule has 1 fully saturated rings. The van der Waals surface area contributed by atoms with E-state index in [-0.39, 0.29) is 36.0 Å². The van der Waals surface area contributed by atoms with Gasteiger partial charge in [-0.3, -0.25) is 4.79 Å². The lowest BCUT2D eigenvalue weighted by Crippen LogP contribution is -2.10. The van der Waals surface area contributed by atoms with Gasteiger partial charge < -0.3 is 19.7 Å². The fourth-order valence-corrected chi connectivity index (χ4v) is 6.14. The van der Waals surface area contributed by atoms with Gasteiger partial charge >= 0.3 is 5.97 Å². The first-order valence-corrected chi connectivity index (χ1v) is 17.5. The number of hydrogen-bond acceptors (Lipinski definition) is 5. The predicted octanol–water partition coefficient (Wildman–Crippen LogP) is 9.39. The summed E-state index contributed by atoms with van der Waals surface area (Å²) in [5.41, 5.74) is 0. The molecule has 2 unspecified atom stereocenters. The maximum atomic E-state index is 11.8. The van der Waals surface area contributed by atoms with E-state index in [0.717, 1.165) is 64.2 Å². The van der Waals surface area contributed by atoms with Gasteiger partial charge in [-0.05, 0) is 51.9 Å². The molecule has 236 valence electrons. The topological polar surface area (TPSA) is 83.8 Å². The van der Waals surface area contributed by atoms with E-state index in [1.807, 2.05) is 0 Å². The number of hydrogen-bond donors (Lipinski definition) is 2. The summed E-state index contributed by atoms with van der Waals surface area (Å²) < 4.78 is 5.40. The third kappa shape index (κ3) is 21.8. The van der Waals surface area contributed by atoms with Crippen molar-refractivity contribution in [2.45, 2.75) is 206 Å². The monoisotopic (exact) mass is 566 g/mol. The van der Waals surface area contributed by atoms with E-state index in [2.05, 4.69) is 6.92 Å². The minimum absolute atomic E-state index is 0.0303. The van der Waals surface area contributed by atoms with Crippen LogP contribution >= 0.6 is 0 Å². The molecule has 0 aromatic rings. The minimum Gasteiger partial charge on any atom is -0.462 e. The van der Waals surface area contributed by atoms with Gasteiger partial charge in [0.05, 0.1) is 18.1 Å². The number of carbonyl (C=O) groups is 2. The van der Waals surface area contributed by atoms with Gasteiger partial charge in [-0.15, -0.1) is 0 Å². The lowest BCUT2D eigenvalue weighted by atomic mass is 9.96. The van der Waals surface area contributed by atoms with E-state index in [4.69, 9.17) is 4.74 Å². The maximum absolute atomic E-state index is 11.8. The molecule has 0 saturated carbocycles. The number of cyclic esters (lactones) is 1. The number of ketones is 1. The number of esters is 1. The average Bonchev–Trinajstić information content (AvgIpc) is 3.26. The zero-order valence-corrected chi connectivity index (χ0v) is 26.5. The van der Waals surface area contributed by atoms with Crippen molar-refractivity contribution in [3.05, 3.63) is 0 Å². The molecular formula is C35H66O5. The third-order valence-corrected chi connectivity index (χ3v) is 8.73. The molecular weight excluding hydrogens is 500 g/mol. The van der Waals surface area contributed by atoms with Crippen molar-refractivity contribution in [3.63, 3.8) is 0 Å². The smallest absolute Gasteiger partial charge is 0.309 e. The van der Waals surface area contributed by atoms with E-state index < -0.39 is 0 Å². The normalized spacial score (nSPS) is 18.6. The first-order valence-electron chi connectivity index (χ1n) is 17.5. The third-order valence-electron chi connectivity index (χ3n) is 8.73. The van der Waals surface area contributed by atoms with Crippen LogP contribution in [0.15, 0.2) is 0 Å². The first-order chi connectivity index (χ1) is 19.4. The number of aliphatic hydroxyl groups is 2. The SMILES string of the molecule is CCCCCCCCCCCCCCC(O)CCCCCCC[C@H](O)CCCCC[C@@H]1CC(CC(C)=O)C(=O)O1. The fraction of sp³-hybridized carbons (Fsp3) is 0.943. The molecule has 0 amide bonds. The Morgan fingerprint density at radius 3 is 1.45 bits per heavy atom. The Labute approximate surface area is 247 Å². The molecule has 0 bridgehead atoms. The molecule has 0 spiro atoms. The van der Waals surface area contributed by atoms with Gasteiger partial charge in [-0.25, -0.2) is 0 Å². The highest BCUT2D eigenvalue weighted by molar-refractivity contribution is 5.83. The van der Waals surface area contributed by atoms with E-state index in [9.17, 15) is 19.8 Å². The zero-order valence-electron chi connectivity index (χ0n) is 26.5. The second-order valence-electron chi connectivity index (χ2n) is 12.9. The molecule has 1 heterocycles. The summed E-state index contributed by atoms with van der Waals surface area (Å²) in [5, 5.41) is 20.5. The number of unbranched alkanes of at least 4 members (excludes halogenated alkanes) is 17. The highest BCUT2D eigenvalue weighted by atomic mass is 16.5. The van der Waals surface area contributed by atoms with Crippen molar-refractivity contribution in [1.29, 1.82) is 0 Å². The number of rotatable bonds is 29. The summed E-state index contributed by atoms with van der Waals surface area (Å²) >= 11 is 0. The number of Topliss-reactive ketones (excluding diaryl/α,β-unsaturated/α-hetero) is 1. The molecule has 0 aromatic heterocycles. The van der Waals surface area contributed by atoms with Crippen LogP contribution in [0.4, 0.5) is 0 Å². The van der Waals surface area contributed by atoms with Crippen LogP contribution in [0, 0.1) is 5.92 Å². The summed E-state index contributed by atoms with van der Waals surface area (Å²) in [6, 6.07) is 0. The fourth-order valence-electron chi connectivity index (χ4n) is 6.14. The Kier molecular flexibility index (Phi) is 23.9. The van der Waals surface area contributed by atoms with Crippen LogP contribution in [-0.4, -0.2) is 40.3 Å². The van der Waals surface area contributed by atoms with E-state index in [1.165, 1.54) is 103 Å². The summed E-state index contributed by atoms with van der Waals surface area (Å²) in [6.45, 7) is 3.80. The molecule has 2 N–H and O–H groups in total. The highest BCUT2D eigenvalue weighted by Crippen LogP contribution is 2.28. The van der Waals surface area contributed by atoms with Crippen molar-refractivity contribution in [1.82, 2.24) is 0 Å². The molecule has 0 aliphatic carbocycles. The van der Waals surface area contributed by atoms with Crippen molar-refractivity contribution in [2.24, 2.45) is 5.92 Å². The Bertz CT molecular complexity index is 607. The van der Waals surface area contributed by atoms with Gasteiger partial charge in [-0.1, -0.05) is 129 Å². The predicted molar refractivity (Wildman–Crippen MR) is 166 cm³/mol. The van der Waals surface area contributed by atoms with E-state index in [1.54, 1.807) is 0 Å². The molecule has 0 aromatic carbocycles. The van der Waals surface area contributed by atoms with Crippen molar-refractivity contribution in [2.75, 3.05) is 0 Å². The second kappa shape index (κ2) is 25.7.